The third-order valence-electron chi connectivity index (χ3n) is 4.23. The minimum atomic E-state index is -0.897. The summed E-state index contributed by atoms with van der Waals surface area (Å²) in [5.41, 5.74) is 1.47. The number of nitrogens with one attached hydrogen (secondary N) is 1. The summed E-state index contributed by atoms with van der Waals surface area (Å²) in [5, 5.41) is 11.5. The molecule has 6 heteroatoms. The second-order valence-electron chi connectivity index (χ2n) is 5.93. The zero-order valence-corrected chi connectivity index (χ0v) is 13.2. The van der Waals surface area contributed by atoms with Crippen molar-refractivity contribution >= 4 is 11.7 Å². The van der Waals surface area contributed by atoms with Crippen molar-refractivity contribution in [3.05, 3.63) is 29.6 Å². The predicted molar refractivity (Wildman–Crippen MR) is 84.7 cm³/mol. The number of halogens is 1. The Kier molecular flexibility index (Phi) is 5.74. The first-order valence-electron chi connectivity index (χ1n) is 7.59. The summed E-state index contributed by atoms with van der Waals surface area (Å²) in [6, 6.07) is 5.30. The first-order chi connectivity index (χ1) is 10.5. The Morgan fingerprint density at radius 3 is 2.77 bits per heavy atom. The normalized spacial score (nSPS) is 16.7. The lowest BCUT2D eigenvalue weighted by Crippen LogP contribution is -2.42. The van der Waals surface area contributed by atoms with Gasteiger partial charge in [0.1, 0.15) is 5.82 Å². The van der Waals surface area contributed by atoms with Gasteiger partial charge in [0.25, 0.3) is 0 Å². The van der Waals surface area contributed by atoms with Crippen molar-refractivity contribution in [2.75, 3.05) is 38.6 Å². The number of carboxylic acid groups (broad SMARTS) is 1. The van der Waals surface area contributed by atoms with Crippen LogP contribution in [0, 0.1) is 5.82 Å². The molecule has 122 valence electrons. The molecule has 0 spiro atoms. The average Bonchev–Trinajstić information content (AvgIpc) is 2.49. The van der Waals surface area contributed by atoms with E-state index in [4.69, 9.17) is 5.11 Å². The number of hydrogen-bond acceptors (Lipinski definition) is 4. The standard InChI is InChI=1S/C16H24FN3O2/c1-19-7-5-13(6-8-19)20(2)15-9-12(3-4-14(15)17)10-18-11-16(21)22/h3-4,9,13,18H,5-8,10-11H2,1-2H3,(H,21,22). The van der Waals surface area contributed by atoms with E-state index in [0.29, 0.717) is 18.3 Å². The Morgan fingerprint density at radius 1 is 1.45 bits per heavy atom. The summed E-state index contributed by atoms with van der Waals surface area (Å²) < 4.78 is 14.1. The lowest BCUT2D eigenvalue weighted by molar-refractivity contribution is -0.135. The highest BCUT2D eigenvalue weighted by Gasteiger charge is 2.22. The van der Waals surface area contributed by atoms with Gasteiger partial charge >= 0.3 is 5.97 Å². The first kappa shape index (κ1) is 16.7. The Labute approximate surface area is 130 Å². The summed E-state index contributed by atoms with van der Waals surface area (Å²) >= 11 is 0. The molecule has 5 nitrogen and oxygen atoms in total. The molecule has 0 bridgehead atoms. The van der Waals surface area contributed by atoms with E-state index >= 15 is 0 Å². The fourth-order valence-corrected chi connectivity index (χ4v) is 2.83. The van der Waals surface area contributed by atoms with E-state index in [9.17, 15) is 9.18 Å². The van der Waals surface area contributed by atoms with Crippen LogP contribution in [0.3, 0.4) is 0 Å². The summed E-state index contributed by atoms with van der Waals surface area (Å²) in [4.78, 5) is 14.8. The van der Waals surface area contributed by atoms with Gasteiger partial charge in [0.2, 0.25) is 0 Å². The maximum absolute atomic E-state index is 14.1. The van der Waals surface area contributed by atoms with E-state index in [0.717, 1.165) is 31.5 Å². The number of likely N-dealkylation sites (tertiary alicyclic amines) is 1. The Bertz CT molecular complexity index is 516. The zero-order valence-electron chi connectivity index (χ0n) is 13.2. The van der Waals surface area contributed by atoms with E-state index < -0.39 is 5.97 Å². The molecule has 1 fully saturated rings. The maximum atomic E-state index is 14.1. The van der Waals surface area contributed by atoms with Gasteiger partial charge in [-0.15, -0.1) is 0 Å². The molecule has 2 N–H and O–H groups in total. The minimum absolute atomic E-state index is 0.0997. The molecule has 0 radical (unpaired) electrons. The van der Waals surface area contributed by atoms with Gasteiger partial charge in [-0.3, -0.25) is 4.79 Å². The largest absolute Gasteiger partial charge is 0.480 e. The first-order valence-corrected chi connectivity index (χ1v) is 7.59. The van der Waals surface area contributed by atoms with Crippen LogP contribution in [-0.4, -0.2) is 55.7 Å². The number of carboxylic acids is 1. The third kappa shape index (κ3) is 4.42. The molecule has 1 aliphatic heterocycles. The van der Waals surface area contributed by atoms with Crippen molar-refractivity contribution in [3.63, 3.8) is 0 Å². The number of carbonyl (C=O) groups is 1. The van der Waals surface area contributed by atoms with Crippen molar-refractivity contribution in [2.24, 2.45) is 0 Å². The summed E-state index contributed by atoms with van der Waals surface area (Å²) in [6.07, 6.45) is 2.04. The number of piperidine rings is 1. The van der Waals surface area contributed by atoms with Gasteiger partial charge in [-0.05, 0) is 50.7 Å². The van der Waals surface area contributed by atoms with Gasteiger partial charge in [0, 0.05) is 19.6 Å². The highest BCUT2D eigenvalue weighted by molar-refractivity contribution is 5.69. The highest BCUT2D eigenvalue weighted by atomic mass is 19.1. The van der Waals surface area contributed by atoms with Gasteiger partial charge in [-0.2, -0.15) is 0 Å². The molecule has 0 atom stereocenters. The molecule has 0 aliphatic carbocycles. The van der Waals surface area contributed by atoms with Crippen LogP contribution in [0.5, 0.6) is 0 Å². The van der Waals surface area contributed by atoms with E-state index in [1.54, 1.807) is 6.07 Å². The highest BCUT2D eigenvalue weighted by Crippen LogP contribution is 2.25. The lowest BCUT2D eigenvalue weighted by Gasteiger charge is -2.36. The van der Waals surface area contributed by atoms with Crippen molar-refractivity contribution < 1.29 is 14.3 Å². The smallest absolute Gasteiger partial charge is 0.317 e. The van der Waals surface area contributed by atoms with Gasteiger partial charge in [-0.1, -0.05) is 6.07 Å². The van der Waals surface area contributed by atoms with Gasteiger partial charge < -0.3 is 20.2 Å². The summed E-state index contributed by atoms with van der Waals surface area (Å²) in [6.45, 7) is 2.37. The van der Waals surface area contributed by atoms with Crippen molar-refractivity contribution in [1.82, 2.24) is 10.2 Å². The molecule has 1 aromatic rings. The van der Waals surface area contributed by atoms with Crippen LogP contribution in [0.15, 0.2) is 18.2 Å². The maximum Gasteiger partial charge on any atom is 0.317 e. The average molecular weight is 309 g/mol. The quantitative estimate of drug-likeness (QED) is 0.835. The molecular weight excluding hydrogens is 285 g/mol. The zero-order chi connectivity index (χ0) is 16.1. The number of anilines is 1. The van der Waals surface area contributed by atoms with E-state index in [2.05, 4.69) is 17.3 Å². The van der Waals surface area contributed by atoms with Crippen LogP contribution in [0.25, 0.3) is 0 Å². The van der Waals surface area contributed by atoms with Crippen LogP contribution >= 0.6 is 0 Å². The molecule has 1 saturated heterocycles. The molecule has 1 aromatic carbocycles. The van der Waals surface area contributed by atoms with Crippen LogP contribution in [-0.2, 0) is 11.3 Å². The summed E-state index contributed by atoms with van der Waals surface area (Å²) in [5.74, 6) is -1.13. The molecule has 0 aromatic heterocycles. The van der Waals surface area contributed by atoms with E-state index in [1.165, 1.54) is 6.07 Å². The monoisotopic (exact) mass is 309 g/mol. The Morgan fingerprint density at radius 2 is 2.14 bits per heavy atom. The fourth-order valence-electron chi connectivity index (χ4n) is 2.83. The molecule has 0 unspecified atom stereocenters. The van der Waals surface area contributed by atoms with Gasteiger partial charge in [-0.25, -0.2) is 4.39 Å². The third-order valence-corrected chi connectivity index (χ3v) is 4.23. The molecule has 0 saturated carbocycles. The predicted octanol–water partition coefficient (Wildman–Crippen LogP) is 1.53. The van der Waals surface area contributed by atoms with Gasteiger partial charge in [0.05, 0.1) is 12.2 Å². The molecule has 2 rings (SSSR count). The van der Waals surface area contributed by atoms with E-state index in [1.807, 2.05) is 18.0 Å². The Balaban J connectivity index is 2.03. The van der Waals surface area contributed by atoms with Crippen LogP contribution in [0.4, 0.5) is 10.1 Å². The summed E-state index contributed by atoms with van der Waals surface area (Å²) in [7, 11) is 4.04. The molecule has 1 aliphatic rings. The number of aliphatic carboxylic acids is 1. The van der Waals surface area contributed by atoms with Gasteiger partial charge in [0.15, 0.2) is 0 Å². The minimum Gasteiger partial charge on any atom is -0.480 e. The second-order valence-corrected chi connectivity index (χ2v) is 5.93. The second kappa shape index (κ2) is 7.56. The molecule has 22 heavy (non-hydrogen) atoms. The fraction of sp³-hybridized carbons (Fsp3) is 0.562. The molecule has 0 amide bonds. The Hall–Kier alpha value is -1.66. The van der Waals surface area contributed by atoms with Crippen LogP contribution in [0.2, 0.25) is 0 Å². The SMILES string of the molecule is CN1CCC(N(C)c2cc(CNCC(=O)O)ccc2F)CC1. The number of benzene rings is 1. The van der Waals surface area contributed by atoms with Crippen molar-refractivity contribution in [2.45, 2.75) is 25.4 Å². The van der Waals surface area contributed by atoms with E-state index in [-0.39, 0.29) is 12.4 Å². The number of hydrogen-bond donors (Lipinski definition) is 2. The van der Waals surface area contributed by atoms with Crippen LogP contribution < -0.4 is 10.2 Å². The number of rotatable bonds is 6. The molecule has 1 heterocycles. The molecular formula is C16H24FN3O2. The lowest BCUT2D eigenvalue weighted by atomic mass is 10.0. The number of nitrogens with zero attached hydrogens (tertiary/aromatic N) is 2. The van der Waals surface area contributed by atoms with Crippen molar-refractivity contribution in [3.8, 4) is 0 Å². The topological polar surface area (TPSA) is 55.8 Å². The van der Waals surface area contributed by atoms with Crippen molar-refractivity contribution in [1.29, 1.82) is 0 Å². The van der Waals surface area contributed by atoms with Crippen LogP contribution in [0.1, 0.15) is 18.4 Å².